The fourth-order valence-corrected chi connectivity index (χ4v) is 1.81. The maximum Gasteiger partial charge on any atom is 0.257 e. The van der Waals surface area contributed by atoms with Crippen LogP contribution in [0.3, 0.4) is 0 Å². The number of methoxy groups -OCH3 is 1. The first-order chi connectivity index (χ1) is 9.93. The van der Waals surface area contributed by atoms with Crippen LogP contribution in [0, 0.1) is 5.92 Å². The van der Waals surface area contributed by atoms with E-state index >= 15 is 0 Å². The predicted octanol–water partition coefficient (Wildman–Crippen LogP) is 2.29. The lowest BCUT2D eigenvalue weighted by Gasteiger charge is -2.15. The van der Waals surface area contributed by atoms with Crippen LogP contribution in [0.5, 0.6) is 11.5 Å². The number of nitrogens with one attached hydrogen (secondary N) is 1. The first-order valence-electron chi connectivity index (χ1n) is 7.19. The molecular weight excluding hydrogens is 270 g/mol. The number of carbonyl (C=O) groups excluding carboxylic acids is 1. The summed E-state index contributed by atoms with van der Waals surface area (Å²) in [5.41, 5.74) is 0.630. The molecule has 0 saturated carbocycles. The van der Waals surface area contributed by atoms with Gasteiger partial charge in [-0.15, -0.1) is 0 Å². The third kappa shape index (κ3) is 6.04. The van der Waals surface area contributed by atoms with Gasteiger partial charge in [0.1, 0.15) is 11.5 Å². The van der Waals surface area contributed by atoms with E-state index in [1.807, 2.05) is 0 Å². The number of rotatable bonds is 8. The lowest BCUT2D eigenvalue weighted by molar-refractivity contribution is -0.123. The smallest absolute Gasteiger partial charge is 0.257 e. The number of aliphatic hydroxyl groups is 1. The summed E-state index contributed by atoms with van der Waals surface area (Å²) in [6, 6.07) is 5.15. The largest absolute Gasteiger partial charge is 0.497 e. The Bertz CT molecular complexity index is 458. The second kappa shape index (κ2) is 8.52. The maximum atomic E-state index is 11.7. The fraction of sp³-hybridized carbons (Fsp3) is 0.562. The number of carbonyl (C=O) groups is 1. The van der Waals surface area contributed by atoms with Gasteiger partial charge in [0.2, 0.25) is 0 Å². The summed E-state index contributed by atoms with van der Waals surface area (Å²) >= 11 is 0. The first-order valence-corrected chi connectivity index (χ1v) is 7.19. The molecule has 0 spiro atoms. The van der Waals surface area contributed by atoms with Gasteiger partial charge in [0.15, 0.2) is 6.61 Å². The van der Waals surface area contributed by atoms with Gasteiger partial charge in [-0.05, 0) is 31.4 Å². The topological polar surface area (TPSA) is 67.8 Å². The summed E-state index contributed by atoms with van der Waals surface area (Å²) in [6.07, 6.45) is 0.263. The van der Waals surface area contributed by atoms with Crippen molar-refractivity contribution in [1.29, 1.82) is 0 Å². The molecule has 0 fully saturated rings. The zero-order valence-electron chi connectivity index (χ0n) is 13.2. The molecule has 0 unspecified atom stereocenters. The molecule has 0 aliphatic rings. The van der Waals surface area contributed by atoms with Crippen molar-refractivity contribution >= 4 is 5.91 Å². The van der Waals surface area contributed by atoms with Gasteiger partial charge in [0.25, 0.3) is 5.91 Å². The van der Waals surface area contributed by atoms with E-state index in [1.165, 1.54) is 0 Å². The Balaban J connectivity index is 2.59. The molecule has 1 amide bonds. The number of amides is 1. The van der Waals surface area contributed by atoms with Gasteiger partial charge in [-0.3, -0.25) is 4.79 Å². The van der Waals surface area contributed by atoms with Gasteiger partial charge in [-0.1, -0.05) is 13.8 Å². The van der Waals surface area contributed by atoms with Crippen LogP contribution in [0.25, 0.3) is 0 Å². The third-order valence-corrected chi connectivity index (χ3v) is 3.07. The van der Waals surface area contributed by atoms with Gasteiger partial charge in [0, 0.05) is 18.2 Å². The molecule has 5 heteroatoms. The molecule has 0 aliphatic carbocycles. The minimum absolute atomic E-state index is 0.0784. The normalized spacial score (nSPS) is 12.1. The van der Waals surface area contributed by atoms with E-state index in [0.29, 0.717) is 29.5 Å². The molecule has 21 heavy (non-hydrogen) atoms. The van der Waals surface area contributed by atoms with Crippen molar-refractivity contribution in [3.63, 3.8) is 0 Å². The van der Waals surface area contributed by atoms with Crippen LogP contribution >= 0.6 is 0 Å². The van der Waals surface area contributed by atoms with E-state index in [2.05, 4.69) is 19.2 Å². The van der Waals surface area contributed by atoms with E-state index in [1.54, 1.807) is 32.2 Å². The predicted molar refractivity (Wildman–Crippen MR) is 81.6 cm³/mol. The Morgan fingerprint density at radius 3 is 2.62 bits per heavy atom. The SMILES string of the molecule is COc1ccc([C@@H](C)O)c(OCC(=O)NCCC(C)C)c1. The molecule has 0 saturated heterocycles. The van der Waals surface area contributed by atoms with Gasteiger partial charge in [0.05, 0.1) is 13.2 Å². The number of hydrogen-bond acceptors (Lipinski definition) is 4. The summed E-state index contributed by atoms with van der Waals surface area (Å²) < 4.78 is 10.6. The van der Waals surface area contributed by atoms with E-state index < -0.39 is 6.10 Å². The van der Waals surface area contributed by atoms with Crippen LogP contribution in [0.1, 0.15) is 38.9 Å². The second-order valence-corrected chi connectivity index (χ2v) is 5.40. The van der Waals surface area contributed by atoms with Crippen molar-refractivity contribution in [2.75, 3.05) is 20.3 Å². The Kier molecular flexibility index (Phi) is 7.02. The maximum absolute atomic E-state index is 11.7. The Morgan fingerprint density at radius 2 is 2.05 bits per heavy atom. The van der Waals surface area contributed by atoms with Crippen molar-refractivity contribution in [3.05, 3.63) is 23.8 Å². The minimum Gasteiger partial charge on any atom is -0.497 e. The number of benzene rings is 1. The average Bonchev–Trinajstić information content (AvgIpc) is 2.44. The van der Waals surface area contributed by atoms with Crippen LogP contribution in [0.15, 0.2) is 18.2 Å². The van der Waals surface area contributed by atoms with Crippen molar-refractivity contribution in [1.82, 2.24) is 5.32 Å². The Hall–Kier alpha value is -1.75. The van der Waals surface area contributed by atoms with Crippen LogP contribution in [-0.2, 0) is 4.79 Å². The summed E-state index contributed by atoms with van der Waals surface area (Å²) in [5.74, 6) is 1.46. The monoisotopic (exact) mass is 295 g/mol. The molecule has 1 aromatic rings. The van der Waals surface area contributed by atoms with Crippen molar-refractivity contribution in [2.24, 2.45) is 5.92 Å². The standard InChI is InChI=1S/C16H25NO4/c1-11(2)7-8-17-16(19)10-21-15-9-13(20-4)5-6-14(15)12(3)18/h5-6,9,11-12,18H,7-8,10H2,1-4H3,(H,17,19)/t12-/m1/s1. The van der Waals surface area contributed by atoms with Crippen LogP contribution in [-0.4, -0.2) is 31.3 Å². The molecule has 0 bridgehead atoms. The zero-order valence-corrected chi connectivity index (χ0v) is 13.2. The van der Waals surface area contributed by atoms with E-state index in [0.717, 1.165) is 6.42 Å². The molecule has 1 aromatic carbocycles. The molecule has 0 aliphatic heterocycles. The molecule has 0 heterocycles. The Morgan fingerprint density at radius 1 is 1.33 bits per heavy atom. The average molecular weight is 295 g/mol. The van der Waals surface area contributed by atoms with Gasteiger partial charge in [-0.25, -0.2) is 0 Å². The number of hydrogen-bond donors (Lipinski definition) is 2. The van der Waals surface area contributed by atoms with E-state index in [9.17, 15) is 9.90 Å². The molecule has 5 nitrogen and oxygen atoms in total. The summed E-state index contributed by atoms with van der Waals surface area (Å²) in [5, 5.41) is 12.5. The summed E-state index contributed by atoms with van der Waals surface area (Å²) in [7, 11) is 1.56. The molecule has 1 rings (SSSR count). The van der Waals surface area contributed by atoms with Crippen molar-refractivity contribution < 1.29 is 19.4 Å². The Labute approximate surface area is 126 Å². The molecule has 0 aromatic heterocycles. The molecule has 0 radical (unpaired) electrons. The van der Waals surface area contributed by atoms with Crippen molar-refractivity contribution in [2.45, 2.75) is 33.3 Å². The van der Waals surface area contributed by atoms with Crippen LogP contribution < -0.4 is 14.8 Å². The van der Waals surface area contributed by atoms with E-state index in [-0.39, 0.29) is 12.5 Å². The molecule has 118 valence electrons. The second-order valence-electron chi connectivity index (χ2n) is 5.40. The van der Waals surface area contributed by atoms with Gasteiger partial charge >= 0.3 is 0 Å². The minimum atomic E-state index is -0.671. The first kappa shape index (κ1) is 17.3. The molecule has 1 atom stereocenters. The lowest BCUT2D eigenvalue weighted by atomic mass is 10.1. The highest BCUT2D eigenvalue weighted by Crippen LogP contribution is 2.29. The van der Waals surface area contributed by atoms with Crippen LogP contribution in [0.4, 0.5) is 0 Å². The fourth-order valence-electron chi connectivity index (χ4n) is 1.81. The van der Waals surface area contributed by atoms with Gasteiger partial charge < -0.3 is 19.9 Å². The number of aliphatic hydroxyl groups excluding tert-OH is 1. The zero-order chi connectivity index (χ0) is 15.8. The highest BCUT2D eigenvalue weighted by molar-refractivity contribution is 5.77. The highest BCUT2D eigenvalue weighted by atomic mass is 16.5. The molecular formula is C16H25NO4. The lowest BCUT2D eigenvalue weighted by Crippen LogP contribution is -2.30. The van der Waals surface area contributed by atoms with Crippen LogP contribution in [0.2, 0.25) is 0 Å². The van der Waals surface area contributed by atoms with E-state index in [4.69, 9.17) is 9.47 Å². The third-order valence-electron chi connectivity index (χ3n) is 3.07. The highest BCUT2D eigenvalue weighted by Gasteiger charge is 2.12. The van der Waals surface area contributed by atoms with Crippen molar-refractivity contribution in [3.8, 4) is 11.5 Å². The number of ether oxygens (including phenoxy) is 2. The summed E-state index contributed by atoms with van der Waals surface area (Å²) in [6.45, 7) is 6.42. The quantitative estimate of drug-likeness (QED) is 0.772. The summed E-state index contributed by atoms with van der Waals surface area (Å²) in [4.78, 5) is 11.7. The molecule has 2 N–H and O–H groups in total. The van der Waals surface area contributed by atoms with Gasteiger partial charge in [-0.2, -0.15) is 0 Å².